The zero-order valence-corrected chi connectivity index (χ0v) is 15.6. The smallest absolute Gasteiger partial charge is 0.363 e. The van der Waals surface area contributed by atoms with Crippen LogP contribution in [0.2, 0.25) is 5.02 Å². The van der Waals surface area contributed by atoms with Crippen LogP contribution < -0.4 is 4.74 Å². The number of nitro groups is 1. The molecule has 2 aromatic rings. The molecule has 0 unspecified atom stereocenters. The Morgan fingerprint density at radius 3 is 2.82 bits per heavy atom. The summed E-state index contributed by atoms with van der Waals surface area (Å²) < 4.78 is 10.8. The quantitative estimate of drug-likeness (QED) is 0.234. The number of rotatable bonds is 6. The van der Waals surface area contributed by atoms with Gasteiger partial charge in [0.15, 0.2) is 5.70 Å². The van der Waals surface area contributed by atoms with Crippen LogP contribution in [0, 0.1) is 10.1 Å². The Hall–Kier alpha value is -3.45. The standard InChI is InChI=1S/C20H15ClN2O5/c1-12(2)11-27-15-5-3-4-13(8-15)9-18-20(24)28-19(22-18)16-7-6-14(23(25)26)10-17(16)21/h3-10H,1,11H2,2H3/b18-9-. The first-order chi connectivity index (χ1) is 13.3. The molecule has 0 aliphatic carbocycles. The molecule has 0 radical (unpaired) electrons. The molecule has 0 N–H and O–H groups in total. The molecule has 7 nitrogen and oxygen atoms in total. The van der Waals surface area contributed by atoms with Gasteiger partial charge in [-0.2, -0.15) is 0 Å². The van der Waals surface area contributed by atoms with Crippen molar-refractivity contribution in [3.05, 3.63) is 86.6 Å². The highest BCUT2D eigenvalue weighted by Gasteiger charge is 2.26. The van der Waals surface area contributed by atoms with E-state index in [1.54, 1.807) is 30.3 Å². The number of cyclic esters (lactones) is 1. The average Bonchev–Trinajstić information content (AvgIpc) is 3.00. The zero-order valence-electron chi connectivity index (χ0n) is 14.8. The van der Waals surface area contributed by atoms with Gasteiger partial charge in [-0.3, -0.25) is 10.1 Å². The molecule has 0 amide bonds. The van der Waals surface area contributed by atoms with Crippen molar-refractivity contribution in [2.75, 3.05) is 6.61 Å². The maximum Gasteiger partial charge on any atom is 0.363 e. The molecule has 142 valence electrons. The minimum atomic E-state index is -0.641. The summed E-state index contributed by atoms with van der Waals surface area (Å²) in [6, 6.07) is 11.0. The minimum Gasteiger partial charge on any atom is -0.489 e. The monoisotopic (exact) mass is 398 g/mol. The van der Waals surface area contributed by atoms with Crippen molar-refractivity contribution >= 4 is 35.2 Å². The van der Waals surface area contributed by atoms with Crippen molar-refractivity contribution in [3.63, 3.8) is 0 Å². The first kappa shape index (κ1) is 19.3. The summed E-state index contributed by atoms with van der Waals surface area (Å²) in [5.41, 5.74) is 1.80. The van der Waals surface area contributed by atoms with Crippen molar-refractivity contribution < 1.29 is 19.2 Å². The average molecular weight is 399 g/mol. The second-order valence-corrected chi connectivity index (χ2v) is 6.48. The lowest BCUT2D eigenvalue weighted by Crippen LogP contribution is -2.06. The van der Waals surface area contributed by atoms with E-state index in [9.17, 15) is 14.9 Å². The van der Waals surface area contributed by atoms with E-state index >= 15 is 0 Å². The van der Waals surface area contributed by atoms with Gasteiger partial charge in [0.05, 0.1) is 15.5 Å². The van der Waals surface area contributed by atoms with Gasteiger partial charge in [-0.1, -0.05) is 30.3 Å². The highest BCUT2D eigenvalue weighted by atomic mass is 35.5. The van der Waals surface area contributed by atoms with Crippen LogP contribution in [0.1, 0.15) is 18.1 Å². The summed E-state index contributed by atoms with van der Waals surface area (Å²) in [7, 11) is 0. The predicted molar refractivity (Wildman–Crippen MR) is 105 cm³/mol. The van der Waals surface area contributed by atoms with E-state index in [0.29, 0.717) is 23.5 Å². The topological polar surface area (TPSA) is 91.0 Å². The first-order valence-electron chi connectivity index (χ1n) is 8.17. The second kappa shape index (κ2) is 8.06. The highest BCUT2D eigenvalue weighted by molar-refractivity contribution is 6.34. The second-order valence-electron chi connectivity index (χ2n) is 6.08. The molecule has 8 heteroatoms. The number of aliphatic imine (C=N–C) groups is 1. The summed E-state index contributed by atoms with van der Waals surface area (Å²) in [5, 5.41) is 10.9. The number of esters is 1. The largest absolute Gasteiger partial charge is 0.489 e. The van der Waals surface area contributed by atoms with Crippen LogP contribution in [0.4, 0.5) is 5.69 Å². The Bertz CT molecular complexity index is 1040. The Kier molecular flexibility index (Phi) is 5.56. The van der Waals surface area contributed by atoms with Crippen molar-refractivity contribution in [1.82, 2.24) is 0 Å². The van der Waals surface area contributed by atoms with E-state index in [-0.39, 0.29) is 22.3 Å². The van der Waals surface area contributed by atoms with Gasteiger partial charge >= 0.3 is 5.97 Å². The molecule has 2 aromatic carbocycles. The number of benzene rings is 2. The molecular weight excluding hydrogens is 384 g/mol. The number of carbonyl (C=O) groups is 1. The van der Waals surface area contributed by atoms with Gasteiger partial charge in [-0.15, -0.1) is 0 Å². The van der Waals surface area contributed by atoms with Gasteiger partial charge in [0.25, 0.3) is 5.69 Å². The molecule has 0 fully saturated rings. The van der Waals surface area contributed by atoms with Gasteiger partial charge in [-0.25, -0.2) is 9.79 Å². The third kappa shape index (κ3) is 4.44. The third-order valence-electron chi connectivity index (χ3n) is 3.66. The van der Waals surface area contributed by atoms with E-state index in [1.165, 1.54) is 18.2 Å². The van der Waals surface area contributed by atoms with Gasteiger partial charge < -0.3 is 9.47 Å². The highest BCUT2D eigenvalue weighted by Crippen LogP contribution is 2.27. The normalized spacial score (nSPS) is 14.6. The van der Waals surface area contributed by atoms with Crippen LogP contribution in [-0.2, 0) is 9.53 Å². The lowest BCUT2D eigenvalue weighted by atomic mass is 10.2. The Balaban J connectivity index is 1.87. The Morgan fingerprint density at radius 2 is 2.14 bits per heavy atom. The molecule has 1 aliphatic heterocycles. The van der Waals surface area contributed by atoms with Crippen LogP contribution in [0.5, 0.6) is 5.75 Å². The molecule has 0 aromatic heterocycles. The number of hydrogen-bond donors (Lipinski definition) is 0. The van der Waals surface area contributed by atoms with Crippen LogP contribution in [-0.4, -0.2) is 23.4 Å². The molecule has 1 aliphatic rings. The van der Waals surface area contributed by atoms with E-state index in [0.717, 1.165) is 5.57 Å². The summed E-state index contributed by atoms with van der Waals surface area (Å²) in [6.07, 6.45) is 1.56. The summed E-state index contributed by atoms with van der Waals surface area (Å²) >= 11 is 6.07. The van der Waals surface area contributed by atoms with Crippen molar-refractivity contribution in [3.8, 4) is 5.75 Å². The molecule has 3 rings (SSSR count). The number of ether oxygens (including phenoxy) is 2. The number of non-ortho nitro benzene ring substituents is 1. The lowest BCUT2D eigenvalue weighted by molar-refractivity contribution is -0.384. The van der Waals surface area contributed by atoms with E-state index in [2.05, 4.69) is 11.6 Å². The fraction of sp³-hybridized carbons (Fsp3) is 0.100. The third-order valence-corrected chi connectivity index (χ3v) is 3.97. The molecule has 0 atom stereocenters. The lowest BCUT2D eigenvalue weighted by Gasteiger charge is -2.06. The molecule has 0 bridgehead atoms. The predicted octanol–water partition coefficient (Wildman–Crippen LogP) is 4.55. The van der Waals surface area contributed by atoms with Crippen LogP contribution in [0.15, 0.2) is 65.3 Å². The van der Waals surface area contributed by atoms with Gasteiger partial charge in [0.2, 0.25) is 5.90 Å². The maximum absolute atomic E-state index is 12.1. The molecule has 0 saturated heterocycles. The number of hydrogen-bond acceptors (Lipinski definition) is 6. The molecular formula is C20H15ClN2O5. The Labute approximate surface area is 165 Å². The van der Waals surface area contributed by atoms with Crippen LogP contribution in [0.25, 0.3) is 6.08 Å². The summed E-state index contributed by atoms with van der Waals surface area (Å²) in [5.74, 6) is -0.0187. The Morgan fingerprint density at radius 1 is 1.36 bits per heavy atom. The minimum absolute atomic E-state index is 0.00849. The number of nitro benzene ring substituents is 1. The first-order valence-corrected chi connectivity index (χ1v) is 8.55. The number of carbonyl (C=O) groups excluding carboxylic acids is 1. The molecule has 0 saturated carbocycles. The molecule has 0 spiro atoms. The van der Waals surface area contributed by atoms with Gasteiger partial charge in [0.1, 0.15) is 12.4 Å². The molecule has 28 heavy (non-hydrogen) atoms. The number of nitrogens with zero attached hydrogens (tertiary/aromatic N) is 2. The van der Waals surface area contributed by atoms with Crippen molar-refractivity contribution in [2.45, 2.75) is 6.92 Å². The van der Waals surface area contributed by atoms with E-state index in [4.69, 9.17) is 21.1 Å². The summed E-state index contributed by atoms with van der Waals surface area (Å²) in [6.45, 7) is 6.03. The van der Waals surface area contributed by atoms with Crippen LogP contribution >= 0.6 is 11.6 Å². The summed E-state index contributed by atoms with van der Waals surface area (Å²) in [4.78, 5) is 26.6. The molecule has 1 heterocycles. The number of halogens is 1. The maximum atomic E-state index is 12.1. The van der Waals surface area contributed by atoms with E-state index < -0.39 is 10.9 Å². The fourth-order valence-corrected chi connectivity index (χ4v) is 2.63. The van der Waals surface area contributed by atoms with Crippen molar-refractivity contribution in [1.29, 1.82) is 0 Å². The fourth-order valence-electron chi connectivity index (χ4n) is 2.37. The van der Waals surface area contributed by atoms with Crippen LogP contribution in [0.3, 0.4) is 0 Å². The van der Waals surface area contributed by atoms with Crippen molar-refractivity contribution in [2.24, 2.45) is 4.99 Å². The SMILES string of the molecule is C=C(C)COc1cccc(/C=C2\N=C(c3ccc([N+](=O)[O-])cc3Cl)OC2=O)c1. The van der Waals surface area contributed by atoms with E-state index in [1.807, 2.05) is 6.92 Å². The zero-order chi connectivity index (χ0) is 20.3. The van der Waals surface area contributed by atoms with Gasteiger partial charge in [0, 0.05) is 12.1 Å². The van der Waals surface area contributed by atoms with Gasteiger partial charge in [-0.05, 0) is 42.3 Å².